The molecule has 0 spiro atoms. The van der Waals surface area contributed by atoms with Gasteiger partial charge in [0.05, 0.1) is 29.9 Å². The van der Waals surface area contributed by atoms with Gasteiger partial charge in [-0.15, -0.1) is 0 Å². The highest BCUT2D eigenvalue weighted by atomic mass is 35.5. The number of fused-ring (bicyclic) bond motifs is 1. The normalized spacial score (nSPS) is 15.1. The molecule has 1 aromatic heterocycles. The molecule has 2 heterocycles. The number of ether oxygens (including phenoxy) is 3. The third-order valence-corrected chi connectivity index (χ3v) is 8.23. The van der Waals surface area contributed by atoms with Crippen LogP contribution in [0.4, 0.5) is 13.2 Å². The van der Waals surface area contributed by atoms with Crippen LogP contribution in [0.1, 0.15) is 29.7 Å². The topological polar surface area (TPSA) is 79.1 Å². The summed E-state index contributed by atoms with van der Waals surface area (Å²) in [7, 11) is 1.46. The number of hydrogen-bond acceptors (Lipinski definition) is 7. The number of esters is 1. The molecule has 7 nitrogen and oxygen atoms in total. The second kappa shape index (κ2) is 12.9. The Morgan fingerprint density at radius 3 is 2.45 bits per heavy atom. The van der Waals surface area contributed by atoms with Gasteiger partial charge in [-0.05, 0) is 42.8 Å². The lowest BCUT2D eigenvalue weighted by Gasteiger charge is -2.26. The largest absolute Gasteiger partial charge is 0.493 e. The molecular weight excluding hydrogens is 640 g/mol. The third-order valence-electron chi connectivity index (χ3n) is 6.63. The molecule has 3 aromatic carbocycles. The average Bonchev–Trinajstić information content (AvgIpc) is 3.30. The molecule has 1 aliphatic rings. The first-order valence-electron chi connectivity index (χ1n) is 13.1. The fraction of sp³-hybridized carbons (Fsp3) is 0.194. The minimum atomic E-state index is -5.02. The van der Waals surface area contributed by atoms with Gasteiger partial charge >= 0.3 is 12.1 Å². The number of benzene rings is 3. The maximum Gasteiger partial charge on any atom is 0.434 e. The predicted octanol–water partition coefficient (Wildman–Crippen LogP) is 6.24. The number of carbonyl (C=O) groups excluding carboxylic acids is 1. The van der Waals surface area contributed by atoms with E-state index in [9.17, 15) is 22.8 Å². The second-order valence-corrected chi connectivity index (χ2v) is 11.2. The zero-order valence-electron chi connectivity index (χ0n) is 23.2. The lowest BCUT2D eigenvalue weighted by Crippen LogP contribution is -2.41. The molecule has 5 rings (SSSR count). The fourth-order valence-corrected chi connectivity index (χ4v) is 5.98. The SMILES string of the molecule is CCOC(=O)C1=C(C(F)(F)F)N=c2s/c(=C\c3cccc(OC)c3OCc3ccccc3Cl)c(=O)n2[C@H]1c1ccc(Cl)cc1. The number of methoxy groups -OCH3 is 1. The quantitative estimate of drug-likeness (QED) is 0.209. The Morgan fingerprint density at radius 1 is 1.07 bits per heavy atom. The lowest BCUT2D eigenvalue weighted by molar-refractivity contribution is -0.140. The molecule has 0 N–H and O–H groups in total. The van der Waals surface area contributed by atoms with E-state index in [1.54, 1.807) is 36.4 Å². The first-order chi connectivity index (χ1) is 21.0. The Balaban J connectivity index is 1.71. The molecule has 13 heteroatoms. The van der Waals surface area contributed by atoms with Gasteiger partial charge in [-0.1, -0.05) is 77.0 Å². The Bertz CT molecular complexity index is 1940. The zero-order chi connectivity index (χ0) is 31.6. The van der Waals surface area contributed by atoms with Crippen LogP contribution in [-0.2, 0) is 16.1 Å². The van der Waals surface area contributed by atoms with Crippen molar-refractivity contribution < 1.29 is 32.2 Å². The van der Waals surface area contributed by atoms with E-state index < -0.39 is 35.0 Å². The maximum atomic E-state index is 14.4. The molecule has 1 aliphatic heterocycles. The van der Waals surface area contributed by atoms with Gasteiger partial charge in [0.25, 0.3) is 5.56 Å². The van der Waals surface area contributed by atoms with Crippen molar-refractivity contribution in [3.8, 4) is 11.5 Å². The first-order valence-corrected chi connectivity index (χ1v) is 14.7. The Morgan fingerprint density at radius 2 is 1.80 bits per heavy atom. The molecule has 0 amide bonds. The number of halogens is 5. The van der Waals surface area contributed by atoms with Crippen LogP contribution in [0, 0.1) is 0 Å². The molecule has 228 valence electrons. The summed E-state index contributed by atoms with van der Waals surface area (Å²) in [5, 5.41) is 0.818. The van der Waals surface area contributed by atoms with Crippen LogP contribution in [0.25, 0.3) is 6.08 Å². The molecule has 44 heavy (non-hydrogen) atoms. The third kappa shape index (κ3) is 6.26. The highest BCUT2D eigenvalue weighted by Crippen LogP contribution is 2.39. The van der Waals surface area contributed by atoms with Crippen molar-refractivity contribution in [1.82, 2.24) is 4.57 Å². The zero-order valence-corrected chi connectivity index (χ0v) is 25.5. The molecule has 0 saturated heterocycles. The van der Waals surface area contributed by atoms with Gasteiger partial charge in [0.2, 0.25) is 0 Å². The van der Waals surface area contributed by atoms with Crippen molar-refractivity contribution >= 4 is 46.6 Å². The highest BCUT2D eigenvalue weighted by Gasteiger charge is 2.45. The van der Waals surface area contributed by atoms with E-state index in [1.807, 2.05) is 6.07 Å². The number of nitrogens with zero attached hydrogens (tertiary/aromatic N) is 2. The number of hydrogen-bond donors (Lipinski definition) is 0. The van der Waals surface area contributed by atoms with Gasteiger partial charge in [0.1, 0.15) is 6.61 Å². The van der Waals surface area contributed by atoms with Crippen LogP contribution < -0.4 is 24.4 Å². The van der Waals surface area contributed by atoms with E-state index in [0.29, 0.717) is 26.9 Å². The molecule has 0 radical (unpaired) electrons. The van der Waals surface area contributed by atoms with Crippen LogP contribution in [0.2, 0.25) is 10.0 Å². The van der Waals surface area contributed by atoms with Crippen molar-refractivity contribution in [1.29, 1.82) is 0 Å². The van der Waals surface area contributed by atoms with Crippen LogP contribution in [-0.4, -0.2) is 30.4 Å². The van der Waals surface area contributed by atoms with Gasteiger partial charge < -0.3 is 14.2 Å². The predicted molar refractivity (Wildman–Crippen MR) is 161 cm³/mol. The standard InChI is InChI=1S/C31H23Cl2F3N2O5S/c1-3-42-29(40)24-25(17-11-13-20(32)14-12-17)38-28(39)23(44-30(38)37-27(24)31(34,35)36)15-18-8-6-10-22(41-2)26(18)43-16-19-7-4-5-9-21(19)33/h4-15,25H,3,16H2,1-2H3/b23-15-/t25-/m0/s1. The van der Waals surface area contributed by atoms with E-state index in [0.717, 1.165) is 15.9 Å². The Kier molecular flexibility index (Phi) is 9.19. The molecule has 0 saturated carbocycles. The van der Waals surface area contributed by atoms with Crippen molar-refractivity contribution in [3.63, 3.8) is 0 Å². The van der Waals surface area contributed by atoms with Crippen molar-refractivity contribution in [2.24, 2.45) is 4.99 Å². The Hall–Kier alpha value is -4.06. The second-order valence-electron chi connectivity index (χ2n) is 9.37. The van der Waals surface area contributed by atoms with Crippen molar-refractivity contribution in [2.75, 3.05) is 13.7 Å². The summed E-state index contributed by atoms with van der Waals surface area (Å²) in [4.78, 5) is 30.5. The number of para-hydroxylation sites is 1. The molecule has 0 unspecified atom stereocenters. The molecule has 0 bridgehead atoms. The van der Waals surface area contributed by atoms with E-state index in [2.05, 4.69) is 4.99 Å². The first kappa shape index (κ1) is 31.4. The number of carbonyl (C=O) groups is 1. The Labute approximate surface area is 263 Å². The molecule has 4 aromatic rings. The number of alkyl halides is 3. The molecule has 1 atom stereocenters. The molecule has 0 aliphatic carbocycles. The van der Waals surface area contributed by atoms with Crippen LogP contribution in [0.15, 0.2) is 87.8 Å². The minimum Gasteiger partial charge on any atom is -0.493 e. The van der Waals surface area contributed by atoms with Crippen molar-refractivity contribution in [2.45, 2.75) is 25.7 Å². The summed E-state index contributed by atoms with van der Waals surface area (Å²) >= 11 is 13.1. The number of allylic oxidation sites excluding steroid dienone is 1. The average molecular weight is 664 g/mol. The van der Waals surface area contributed by atoms with Crippen LogP contribution in [0.5, 0.6) is 11.5 Å². The van der Waals surface area contributed by atoms with E-state index in [-0.39, 0.29) is 33.9 Å². The van der Waals surface area contributed by atoms with Gasteiger partial charge in [-0.3, -0.25) is 9.36 Å². The van der Waals surface area contributed by atoms with Gasteiger partial charge in [-0.2, -0.15) is 13.2 Å². The fourth-order valence-electron chi connectivity index (χ4n) is 4.67. The summed E-state index contributed by atoms with van der Waals surface area (Å²) < 4.78 is 60.8. The summed E-state index contributed by atoms with van der Waals surface area (Å²) in [6, 6.07) is 16.5. The summed E-state index contributed by atoms with van der Waals surface area (Å²) in [5.74, 6) is -0.583. The van der Waals surface area contributed by atoms with E-state index in [1.165, 1.54) is 44.4 Å². The van der Waals surface area contributed by atoms with E-state index in [4.69, 9.17) is 37.4 Å². The molecule has 0 fully saturated rings. The lowest BCUT2D eigenvalue weighted by atomic mass is 9.95. The summed E-state index contributed by atoms with van der Waals surface area (Å²) in [5.41, 5.74) is -1.56. The van der Waals surface area contributed by atoms with E-state index >= 15 is 0 Å². The smallest absolute Gasteiger partial charge is 0.434 e. The van der Waals surface area contributed by atoms with Crippen molar-refractivity contribution in [3.05, 3.63) is 124 Å². The number of aromatic nitrogens is 1. The van der Waals surface area contributed by atoms with Gasteiger partial charge in [0.15, 0.2) is 22.0 Å². The summed E-state index contributed by atoms with van der Waals surface area (Å²) in [6.07, 6.45) is -3.54. The molecular formula is C31H23Cl2F3N2O5S. The van der Waals surface area contributed by atoms with Gasteiger partial charge in [-0.25, -0.2) is 9.79 Å². The number of rotatable bonds is 8. The maximum absolute atomic E-state index is 14.4. The van der Waals surface area contributed by atoms with Gasteiger partial charge in [0, 0.05) is 21.2 Å². The highest BCUT2D eigenvalue weighted by molar-refractivity contribution is 7.07. The number of thiazole rings is 1. The monoisotopic (exact) mass is 662 g/mol. The van der Waals surface area contributed by atoms with Crippen LogP contribution in [0.3, 0.4) is 0 Å². The van der Waals surface area contributed by atoms with Crippen LogP contribution >= 0.6 is 34.5 Å². The summed E-state index contributed by atoms with van der Waals surface area (Å²) in [6.45, 7) is 1.37. The minimum absolute atomic E-state index is 0.0465.